The maximum Gasteiger partial charge on any atom is 0.194 e. The minimum absolute atomic E-state index is 0.00830. The number of aliphatic imine (C=N–C) groups is 1. The molecule has 1 unspecified atom stereocenters. The fourth-order valence-corrected chi connectivity index (χ4v) is 3.61. The number of guanidine groups is 1. The lowest BCUT2D eigenvalue weighted by atomic mass is 10.1. The first kappa shape index (κ1) is 19.6. The molecule has 4 rings (SSSR count). The van der Waals surface area contributed by atoms with E-state index in [2.05, 4.69) is 28.3 Å². The molecule has 156 valence electrons. The second kappa shape index (κ2) is 9.17. The summed E-state index contributed by atoms with van der Waals surface area (Å²) in [6.07, 6.45) is 4.76. The van der Waals surface area contributed by atoms with Crippen LogP contribution in [0, 0.1) is 0 Å². The Morgan fingerprint density at radius 3 is 3.00 bits per heavy atom. The summed E-state index contributed by atoms with van der Waals surface area (Å²) in [5, 5.41) is 7.69. The Hall–Kier alpha value is -2.74. The molecule has 0 bridgehead atoms. The number of ether oxygens (including phenoxy) is 3. The Morgan fingerprint density at radius 1 is 1.28 bits per heavy atom. The minimum atomic E-state index is -0.00830. The second-order valence-electron chi connectivity index (χ2n) is 7.22. The van der Waals surface area contributed by atoms with Gasteiger partial charge in [-0.05, 0) is 13.0 Å². The van der Waals surface area contributed by atoms with E-state index < -0.39 is 0 Å². The number of nitrogens with zero attached hydrogens (tertiary/aromatic N) is 4. The third-order valence-corrected chi connectivity index (χ3v) is 5.05. The van der Waals surface area contributed by atoms with Crippen molar-refractivity contribution in [2.24, 2.45) is 12.0 Å². The fourth-order valence-electron chi connectivity index (χ4n) is 3.61. The van der Waals surface area contributed by atoms with Gasteiger partial charge in [-0.1, -0.05) is 12.1 Å². The van der Waals surface area contributed by atoms with E-state index in [1.54, 1.807) is 4.68 Å². The number of fused-ring (bicyclic) bond motifs is 1. The molecule has 0 saturated carbocycles. The lowest BCUT2D eigenvalue weighted by molar-refractivity contribution is -0.00805. The van der Waals surface area contributed by atoms with E-state index in [4.69, 9.17) is 19.2 Å². The van der Waals surface area contributed by atoms with Gasteiger partial charge < -0.3 is 24.4 Å². The Morgan fingerprint density at radius 2 is 2.17 bits per heavy atom. The van der Waals surface area contributed by atoms with Gasteiger partial charge in [0.15, 0.2) is 17.5 Å². The molecule has 1 aromatic heterocycles. The average molecular weight is 399 g/mol. The number of para-hydroxylation sites is 1. The van der Waals surface area contributed by atoms with Crippen molar-refractivity contribution < 1.29 is 14.2 Å². The first-order chi connectivity index (χ1) is 14.2. The quantitative estimate of drug-likeness (QED) is 0.627. The second-order valence-corrected chi connectivity index (χ2v) is 7.22. The zero-order valence-electron chi connectivity index (χ0n) is 17.1. The number of aryl methyl sites for hydroxylation is 1. The average Bonchev–Trinajstić information content (AvgIpc) is 3.03. The first-order valence-corrected chi connectivity index (χ1v) is 10.3. The highest BCUT2D eigenvalue weighted by molar-refractivity contribution is 5.80. The van der Waals surface area contributed by atoms with Crippen molar-refractivity contribution in [3.8, 4) is 11.5 Å². The summed E-state index contributed by atoms with van der Waals surface area (Å²) >= 11 is 0. The van der Waals surface area contributed by atoms with Crippen molar-refractivity contribution in [3.05, 3.63) is 41.7 Å². The van der Waals surface area contributed by atoms with Crippen molar-refractivity contribution in [2.75, 3.05) is 39.5 Å². The van der Waals surface area contributed by atoms with Gasteiger partial charge in [0.2, 0.25) is 0 Å². The Balaban J connectivity index is 1.51. The standard InChI is InChI=1S/C21H29N5O3/c1-3-22-21(26-8-11-28-19(15-26)17-13-24-25(2)14-17)23-12-16-6-4-7-18-20(16)29-10-5-9-27-18/h4,6-7,13-14,19H,3,5,8-12,15H2,1-2H3,(H,22,23). The number of morpholine rings is 1. The van der Waals surface area contributed by atoms with Gasteiger partial charge in [0.25, 0.3) is 0 Å². The highest BCUT2D eigenvalue weighted by atomic mass is 16.5. The molecule has 1 saturated heterocycles. The molecule has 0 aliphatic carbocycles. The Labute approximate surface area is 171 Å². The van der Waals surface area contributed by atoms with Crippen LogP contribution in [0.25, 0.3) is 0 Å². The molecule has 1 N–H and O–H groups in total. The molecule has 0 radical (unpaired) electrons. The van der Waals surface area contributed by atoms with E-state index in [1.807, 2.05) is 31.6 Å². The minimum Gasteiger partial charge on any atom is -0.490 e. The normalized spacial score (nSPS) is 19.7. The van der Waals surface area contributed by atoms with E-state index in [0.29, 0.717) is 26.4 Å². The van der Waals surface area contributed by atoms with E-state index in [9.17, 15) is 0 Å². The van der Waals surface area contributed by atoms with Crippen LogP contribution >= 0.6 is 0 Å². The molecular weight excluding hydrogens is 370 g/mol. The zero-order chi connectivity index (χ0) is 20.1. The molecular formula is C21H29N5O3. The Kier molecular flexibility index (Phi) is 6.19. The van der Waals surface area contributed by atoms with Crippen molar-refractivity contribution in [1.82, 2.24) is 20.0 Å². The van der Waals surface area contributed by atoms with Gasteiger partial charge in [0.1, 0.15) is 6.10 Å². The van der Waals surface area contributed by atoms with Gasteiger partial charge in [-0.2, -0.15) is 5.10 Å². The lowest BCUT2D eigenvalue weighted by Crippen LogP contribution is -2.48. The molecule has 1 fully saturated rings. The summed E-state index contributed by atoms with van der Waals surface area (Å²) in [6.45, 7) is 6.97. The maximum absolute atomic E-state index is 5.97. The van der Waals surface area contributed by atoms with Gasteiger partial charge in [-0.15, -0.1) is 0 Å². The molecule has 29 heavy (non-hydrogen) atoms. The smallest absolute Gasteiger partial charge is 0.194 e. The van der Waals surface area contributed by atoms with Crippen LogP contribution < -0.4 is 14.8 Å². The van der Waals surface area contributed by atoms with Gasteiger partial charge in [-0.3, -0.25) is 4.68 Å². The van der Waals surface area contributed by atoms with Gasteiger partial charge in [0, 0.05) is 43.9 Å². The molecule has 0 spiro atoms. The zero-order valence-corrected chi connectivity index (χ0v) is 17.1. The molecule has 3 heterocycles. The summed E-state index contributed by atoms with van der Waals surface area (Å²) < 4.78 is 19.5. The number of aromatic nitrogens is 2. The molecule has 2 aliphatic rings. The van der Waals surface area contributed by atoms with E-state index >= 15 is 0 Å². The van der Waals surface area contributed by atoms with E-state index in [-0.39, 0.29) is 6.10 Å². The molecule has 1 aromatic carbocycles. The number of nitrogens with one attached hydrogen (secondary N) is 1. The number of hydrogen-bond acceptors (Lipinski definition) is 5. The van der Waals surface area contributed by atoms with Crippen LogP contribution in [0.15, 0.2) is 35.6 Å². The van der Waals surface area contributed by atoms with Gasteiger partial charge in [0.05, 0.1) is 39.1 Å². The topological polar surface area (TPSA) is 73.1 Å². The van der Waals surface area contributed by atoms with Crippen LogP contribution in [0.4, 0.5) is 0 Å². The van der Waals surface area contributed by atoms with Gasteiger partial charge in [-0.25, -0.2) is 4.99 Å². The number of hydrogen-bond donors (Lipinski definition) is 1. The summed E-state index contributed by atoms with van der Waals surface area (Å²) in [6, 6.07) is 6.01. The van der Waals surface area contributed by atoms with Crippen LogP contribution in [0.5, 0.6) is 11.5 Å². The van der Waals surface area contributed by atoms with Crippen molar-refractivity contribution in [2.45, 2.75) is 26.0 Å². The van der Waals surface area contributed by atoms with Crippen LogP contribution in [0.2, 0.25) is 0 Å². The first-order valence-electron chi connectivity index (χ1n) is 10.3. The van der Waals surface area contributed by atoms with Crippen LogP contribution in [0.1, 0.15) is 30.6 Å². The molecule has 2 aliphatic heterocycles. The number of benzene rings is 1. The van der Waals surface area contributed by atoms with Crippen molar-refractivity contribution in [3.63, 3.8) is 0 Å². The third kappa shape index (κ3) is 4.64. The highest BCUT2D eigenvalue weighted by Gasteiger charge is 2.25. The van der Waals surface area contributed by atoms with Crippen LogP contribution in [0.3, 0.4) is 0 Å². The molecule has 1 atom stereocenters. The molecule has 2 aromatic rings. The largest absolute Gasteiger partial charge is 0.490 e. The monoisotopic (exact) mass is 399 g/mol. The molecule has 0 amide bonds. The predicted octanol–water partition coefficient (Wildman–Crippen LogP) is 2.12. The summed E-state index contributed by atoms with van der Waals surface area (Å²) in [5.41, 5.74) is 2.13. The van der Waals surface area contributed by atoms with Crippen LogP contribution in [-0.4, -0.2) is 60.1 Å². The molecule has 8 heteroatoms. The third-order valence-electron chi connectivity index (χ3n) is 5.05. The Bertz CT molecular complexity index is 851. The fraction of sp³-hybridized carbons (Fsp3) is 0.524. The van der Waals surface area contributed by atoms with Crippen LogP contribution in [-0.2, 0) is 18.3 Å². The van der Waals surface area contributed by atoms with E-state index in [1.165, 1.54) is 0 Å². The summed E-state index contributed by atoms with van der Waals surface area (Å²) in [7, 11) is 1.92. The van der Waals surface area contributed by atoms with Crippen molar-refractivity contribution >= 4 is 5.96 Å². The van der Waals surface area contributed by atoms with Gasteiger partial charge >= 0.3 is 0 Å². The molecule has 8 nitrogen and oxygen atoms in total. The number of rotatable bonds is 4. The maximum atomic E-state index is 5.97. The lowest BCUT2D eigenvalue weighted by Gasteiger charge is -2.34. The SMILES string of the molecule is CCNC(=NCc1cccc2c1OCCCO2)N1CCOC(c2cnn(C)c2)C1. The highest BCUT2D eigenvalue weighted by Crippen LogP contribution is 2.33. The summed E-state index contributed by atoms with van der Waals surface area (Å²) in [5.74, 6) is 2.51. The van der Waals surface area contributed by atoms with Crippen molar-refractivity contribution in [1.29, 1.82) is 0 Å². The summed E-state index contributed by atoms with van der Waals surface area (Å²) in [4.78, 5) is 7.15. The predicted molar refractivity (Wildman–Crippen MR) is 110 cm³/mol. The van der Waals surface area contributed by atoms with E-state index in [0.717, 1.165) is 54.6 Å².